The lowest BCUT2D eigenvalue weighted by atomic mass is 10.2. The number of hydrogen-bond acceptors (Lipinski definition) is 5. The maximum Gasteiger partial charge on any atom is 0.341 e. The fourth-order valence-corrected chi connectivity index (χ4v) is 2.38. The van der Waals surface area contributed by atoms with Crippen LogP contribution < -0.4 is 4.72 Å². The zero-order chi connectivity index (χ0) is 15.3. The summed E-state index contributed by atoms with van der Waals surface area (Å²) in [5.74, 6) is -1.14. The number of phenolic OH excluding ortho intramolecular Hbond substituents is 1. The maximum atomic E-state index is 12.0. The van der Waals surface area contributed by atoms with Gasteiger partial charge in [0.25, 0.3) is 0 Å². The molecule has 0 aliphatic carbocycles. The molecule has 0 saturated carbocycles. The molecule has 0 radical (unpaired) electrons. The molecule has 6 nitrogen and oxygen atoms in total. The second kappa shape index (κ2) is 6.53. The van der Waals surface area contributed by atoms with Crippen LogP contribution in [0.5, 0.6) is 5.75 Å². The van der Waals surface area contributed by atoms with Crippen LogP contribution in [0.3, 0.4) is 0 Å². The van der Waals surface area contributed by atoms with E-state index in [0.29, 0.717) is 0 Å². The average molecular weight is 299 g/mol. The van der Waals surface area contributed by atoms with Crippen molar-refractivity contribution in [1.29, 1.82) is 0 Å². The van der Waals surface area contributed by atoms with Gasteiger partial charge in [0.15, 0.2) is 0 Å². The van der Waals surface area contributed by atoms with Crippen LogP contribution in [0.2, 0.25) is 0 Å². The lowest BCUT2D eigenvalue weighted by Crippen LogP contribution is -2.24. The molecule has 0 fully saturated rings. The molecule has 7 heteroatoms. The molecule has 0 heterocycles. The van der Waals surface area contributed by atoms with Crippen LogP contribution in [-0.4, -0.2) is 33.1 Å². The molecule has 0 aliphatic heterocycles. The topological polar surface area (TPSA) is 92.7 Å². The molecule has 0 aliphatic rings. The molecule has 0 amide bonds. The van der Waals surface area contributed by atoms with E-state index in [4.69, 9.17) is 0 Å². The van der Waals surface area contributed by atoms with Gasteiger partial charge in [-0.15, -0.1) is 0 Å². The van der Waals surface area contributed by atoms with Crippen molar-refractivity contribution >= 4 is 16.0 Å². The van der Waals surface area contributed by atoms with E-state index in [-0.39, 0.29) is 22.8 Å². The Hall–Kier alpha value is -1.86. The number of sulfonamides is 1. The van der Waals surface area contributed by atoms with E-state index in [1.807, 2.05) is 13.8 Å². The van der Waals surface area contributed by atoms with Gasteiger partial charge in [-0.1, -0.05) is 11.6 Å². The number of hydrogen-bond donors (Lipinski definition) is 2. The number of carbonyl (C=O) groups excluding carboxylic acids is 1. The van der Waals surface area contributed by atoms with Crippen LogP contribution in [-0.2, 0) is 14.8 Å². The molecular formula is C13H17NO5S. The van der Waals surface area contributed by atoms with Crippen molar-refractivity contribution in [2.45, 2.75) is 18.7 Å². The van der Waals surface area contributed by atoms with Crippen molar-refractivity contribution in [3.8, 4) is 5.75 Å². The second-order valence-electron chi connectivity index (χ2n) is 4.30. The van der Waals surface area contributed by atoms with Crippen LogP contribution in [0.1, 0.15) is 24.2 Å². The number of rotatable bonds is 5. The Morgan fingerprint density at radius 3 is 2.60 bits per heavy atom. The number of phenols is 1. The first-order valence-electron chi connectivity index (χ1n) is 5.82. The number of carbonyl (C=O) groups is 1. The van der Waals surface area contributed by atoms with Crippen molar-refractivity contribution in [3.63, 3.8) is 0 Å². The smallest absolute Gasteiger partial charge is 0.341 e. The highest BCUT2D eigenvalue weighted by Gasteiger charge is 2.18. The van der Waals surface area contributed by atoms with Crippen LogP contribution in [0.15, 0.2) is 34.7 Å². The van der Waals surface area contributed by atoms with Gasteiger partial charge in [-0.25, -0.2) is 17.9 Å². The van der Waals surface area contributed by atoms with Crippen molar-refractivity contribution in [2.75, 3.05) is 13.7 Å². The Morgan fingerprint density at radius 2 is 2.05 bits per heavy atom. The number of aromatic hydroxyl groups is 1. The standard InChI is InChI=1S/C13H17NO5S/c1-9(2)6-7-14-20(17,18)10-4-5-12(15)11(8-10)13(16)19-3/h4-6,8,14-15H,7H2,1-3H3. The van der Waals surface area contributed by atoms with Gasteiger partial charge >= 0.3 is 5.97 Å². The van der Waals surface area contributed by atoms with Gasteiger partial charge in [0.05, 0.1) is 12.0 Å². The predicted octanol–water partition coefficient (Wildman–Crippen LogP) is 1.42. The maximum absolute atomic E-state index is 12.0. The Balaban J connectivity index is 3.07. The first-order chi connectivity index (χ1) is 9.27. The molecule has 0 atom stereocenters. The summed E-state index contributed by atoms with van der Waals surface area (Å²) in [6, 6.07) is 3.43. The minimum atomic E-state index is -3.75. The normalized spacial score (nSPS) is 10.9. The quantitative estimate of drug-likeness (QED) is 0.633. The second-order valence-corrected chi connectivity index (χ2v) is 6.07. The van der Waals surface area contributed by atoms with Crippen molar-refractivity contribution < 1.29 is 23.1 Å². The highest BCUT2D eigenvalue weighted by Crippen LogP contribution is 2.21. The van der Waals surface area contributed by atoms with Gasteiger partial charge in [0.1, 0.15) is 11.3 Å². The van der Waals surface area contributed by atoms with Gasteiger partial charge in [-0.05, 0) is 32.0 Å². The Kier molecular flexibility index (Phi) is 5.29. The zero-order valence-electron chi connectivity index (χ0n) is 11.5. The third kappa shape index (κ3) is 4.07. The number of methoxy groups -OCH3 is 1. The highest BCUT2D eigenvalue weighted by molar-refractivity contribution is 7.89. The number of ether oxygens (including phenoxy) is 1. The van der Waals surface area contributed by atoms with Crippen molar-refractivity contribution in [2.24, 2.45) is 0 Å². The Labute approximate surface area is 118 Å². The zero-order valence-corrected chi connectivity index (χ0v) is 12.3. The summed E-state index contributed by atoms with van der Waals surface area (Å²) in [6.07, 6.45) is 1.72. The first kappa shape index (κ1) is 16.2. The molecule has 0 aromatic heterocycles. The van der Waals surface area contributed by atoms with E-state index in [0.717, 1.165) is 24.8 Å². The average Bonchev–Trinajstić information content (AvgIpc) is 2.37. The van der Waals surface area contributed by atoms with E-state index in [9.17, 15) is 18.3 Å². The summed E-state index contributed by atoms with van der Waals surface area (Å²) < 4.78 is 30.9. The molecule has 2 N–H and O–H groups in total. The molecule has 0 bridgehead atoms. The highest BCUT2D eigenvalue weighted by atomic mass is 32.2. The number of benzene rings is 1. The van der Waals surface area contributed by atoms with Crippen molar-refractivity contribution in [1.82, 2.24) is 4.72 Å². The summed E-state index contributed by atoms with van der Waals surface area (Å²) in [4.78, 5) is 11.3. The van der Waals surface area contributed by atoms with E-state index in [1.165, 1.54) is 6.07 Å². The predicted molar refractivity (Wildman–Crippen MR) is 74.1 cm³/mol. The molecule has 0 spiro atoms. The summed E-state index contributed by atoms with van der Waals surface area (Å²) in [7, 11) is -2.60. The lowest BCUT2D eigenvalue weighted by Gasteiger charge is -2.08. The summed E-state index contributed by atoms with van der Waals surface area (Å²) in [5, 5.41) is 9.53. The molecule has 1 aromatic carbocycles. The summed E-state index contributed by atoms with van der Waals surface area (Å²) >= 11 is 0. The molecule has 1 rings (SSSR count). The SMILES string of the molecule is COC(=O)c1cc(S(=O)(=O)NCC=C(C)C)ccc1O. The van der Waals surface area contributed by atoms with Crippen LogP contribution in [0.4, 0.5) is 0 Å². The Morgan fingerprint density at radius 1 is 1.40 bits per heavy atom. The molecular weight excluding hydrogens is 282 g/mol. The van der Waals surface area contributed by atoms with Gasteiger partial charge in [0.2, 0.25) is 10.0 Å². The molecule has 20 heavy (non-hydrogen) atoms. The fraction of sp³-hybridized carbons (Fsp3) is 0.308. The summed E-state index contributed by atoms with van der Waals surface area (Å²) in [6.45, 7) is 3.85. The van der Waals surface area contributed by atoms with Crippen LogP contribution >= 0.6 is 0 Å². The van der Waals surface area contributed by atoms with E-state index < -0.39 is 16.0 Å². The molecule has 0 unspecified atom stereocenters. The third-order valence-electron chi connectivity index (χ3n) is 2.47. The number of esters is 1. The lowest BCUT2D eigenvalue weighted by molar-refractivity contribution is 0.0597. The minimum absolute atomic E-state index is 0.113. The molecule has 1 aromatic rings. The van der Waals surface area contributed by atoms with Crippen LogP contribution in [0.25, 0.3) is 0 Å². The minimum Gasteiger partial charge on any atom is -0.507 e. The first-order valence-corrected chi connectivity index (χ1v) is 7.30. The van der Waals surface area contributed by atoms with Crippen LogP contribution in [0, 0.1) is 0 Å². The van der Waals surface area contributed by atoms with Gasteiger partial charge < -0.3 is 9.84 Å². The Bertz CT molecular complexity index is 630. The van der Waals surface area contributed by atoms with Gasteiger partial charge in [-0.2, -0.15) is 0 Å². The molecule has 110 valence electrons. The van der Waals surface area contributed by atoms with Gasteiger partial charge in [0, 0.05) is 6.54 Å². The van der Waals surface area contributed by atoms with E-state index in [2.05, 4.69) is 9.46 Å². The number of nitrogens with one attached hydrogen (secondary N) is 1. The monoisotopic (exact) mass is 299 g/mol. The fourth-order valence-electron chi connectivity index (χ4n) is 1.39. The van der Waals surface area contributed by atoms with E-state index >= 15 is 0 Å². The molecule has 0 saturated heterocycles. The third-order valence-corrected chi connectivity index (χ3v) is 3.89. The summed E-state index contributed by atoms with van der Waals surface area (Å²) in [5.41, 5.74) is 0.784. The largest absolute Gasteiger partial charge is 0.507 e. The number of allylic oxidation sites excluding steroid dienone is 1. The van der Waals surface area contributed by atoms with Gasteiger partial charge in [-0.3, -0.25) is 0 Å². The van der Waals surface area contributed by atoms with E-state index in [1.54, 1.807) is 6.08 Å². The van der Waals surface area contributed by atoms with Crippen molar-refractivity contribution in [3.05, 3.63) is 35.4 Å².